The van der Waals surface area contributed by atoms with Crippen molar-refractivity contribution in [1.29, 1.82) is 0 Å². The van der Waals surface area contributed by atoms with E-state index in [1.54, 1.807) is 0 Å². The van der Waals surface area contributed by atoms with Gasteiger partial charge in [-0.05, 0) is 18.2 Å². The molecule has 0 aromatic carbocycles. The van der Waals surface area contributed by atoms with Crippen LogP contribution >= 0.6 is 0 Å². The molecule has 0 spiro atoms. The van der Waals surface area contributed by atoms with E-state index in [0.717, 1.165) is 6.20 Å². The lowest BCUT2D eigenvalue weighted by Gasteiger charge is -2.07. The highest BCUT2D eigenvalue weighted by Crippen LogP contribution is 2.15. The summed E-state index contributed by atoms with van der Waals surface area (Å²) >= 11 is 0. The summed E-state index contributed by atoms with van der Waals surface area (Å²) in [6, 6.07) is 4.05. The predicted octanol–water partition coefficient (Wildman–Crippen LogP) is 0.976. The standard InChI is InChI=1S/C11H9N3O4S/c15-11(16)8-4-9(6-13-5-8)14-19(17,18)10-2-1-3-12-7-10/h1-7,14H,(H,15,16). The molecule has 0 bridgehead atoms. The van der Waals surface area contributed by atoms with Gasteiger partial charge >= 0.3 is 5.97 Å². The van der Waals surface area contributed by atoms with Crippen LogP contribution in [0.4, 0.5) is 5.69 Å². The average molecular weight is 279 g/mol. The lowest BCUT2D eigenvalue weighted by Crippen LogP contribution is -2.13. The monoisotopic (exact) mass is 279 g/mol. The van der Waals surface area contributed by atoms with Gasteiger partial charge in [-0.1, -0.05) is 0 Å². The van der Waals surface area contributed by atoms with E-state index in [2.05, 4.69) is 14.7 Å². The van der Waals surface area contributed by atoms with Crippen LogP contribution < -0.4 is 4.72 Å². The molecule has 0 aliphatic carbocycles. The van der Waals surface area contributed by atoms with Gasteiger partial charge in [-0.3, -0.25) is 14.7 Å². The summed E-state index contributed by atoms with van der Waals surface area (Å²) in [6.07, 6.45) is 4.99. The highest BCUT2D eigenvalue weighted by Gasteiger charge is 2.15. The van der Waals surface area contributed by atoms with Crippen molar-refractivity contribution < 1.29 is 18.3 Å². The van der Waals surface area contributed by atoms with Crippen LogP contribution in [-0.4, -0.2) is 29.5 Å². The Morgan fingerprint density at radius 1 is 1.21 bits per heavy atom. The maximum absolute atomic E-state index is 12.0. The largest absolute Gasteiger partial charge is 0.478 e. The normalized spacial score (nSPS) is 10.9. The van der Waals surface area contributed by atoms with Gasteiger partial charge in [0.1, 0.15) is 4.90 Å². The van der Waals surface area contributed by atoms with Gasteiger partial charge in [0, 0.05) is 18.6 Å². The predicted molar refractivity (Wildman–Crippen MR) is 66.2 cm³/mol. The summed E-state index contributed by atoms with van der Waals surface area (Å²) in [6.45, 7) is 0. The SMILES string of the molecule is O=C(O)c1cncc(NS(=O)(=O)c2cccnc2)c1. The van der Waals surface area contributed by atoms with Gasteiger partial charge in [0.15, 0.2) is 0 Å². The molecular weight excluding hydrogens is 270 g/mol. The van der Waals surface area contributed by atoms with E-state index < -0.39 is 16.0 Å². The quantitative estimate of drug-likeness (QED) is 0.863. The van der Waals surface area contributed by atoms with E-state index in [9.17, 15) is 13.2 Å². The van der Waals surface area contributed by atoms with Crippen LogP contribution in [0, 0.1) is 0 Å². The molecule has 0 saturated heterocycles. The summed E-state index contributed by atoms with van der Waals surface area (Å²) in [5.74, 6) is -1.19. The van der Waals surface area contributed by atoms with Crippen molar-refractivity contribution in [3.05, 3.63) is 48.5 Å². The van der Waals surface area contributed by atoms with Crippen LogP contribution in [0.25, 0.3) is 0 Å². The maximum Gasteiger partial charge on any atom is 0.337 e. The number of hydrogen-bond acceptors (Lipinski definition) is 5. The highest BCUT2D eigenvalue weighted by molar-refractivity contribution is 7.92. The minimum absolute atomic E-state index is 0.0178. The first kappa shape index (κ1) is 13.0. The Kier molecular flexibility index (Phi) is 3.43. The summed E-state index contributed by atoms with van der Waals surface area (Å²) in [5, 5.41) is 8.80. The molecule has 0 atom stereocenters. The van der Waals surface area contributed by atoms with E-state index in [0.29, 0.717) is 0 Å². The first-order valence-electron chi connectivity index (χ1n) is 5.10. The van der Waals surface area contributed by atoms with Crippen molar-refractivity contribution in [3.8, 4) is 0 Å². The Morgan fingerprint density at radius 2 is 2.00 bits per heavy atom. The topological polar surface area (TPSA) is 109 Å². The fraction of sp³-hybridized carbons (Fsp3) is 0. The van der Waals surface area contributed by atoms with Crippen molar-refractivity contribution in [2.24, 2.45) is 0 Å². The third-order valence-corrected chi connectivity index (χ3v) is 3.55. The number of carboxylic acid groups (broad SMARTS) is 1. The van der Waals surface area contributed by atoms with Gasteiger partial charge < -0.3 is 5.11 Å². The summed E-state index contributed by atoms with van der Waals surface area (Å²) in [5.41, 5.74) is -0.0323. The van der Waals surface area contributed by atoms with Crippen LogP contribution in [0.15, 0.2) is 47.9 Å². The summed E-state index contributed by atoms with van der Waals surface area (Å²) in [7, 11) is -3.80. The van der Waals surface area contributed by atoms with Crippen molar-refractivity contribution in [1.82, 2.24) is 9.97 Å². The summed E-state index contributed by atoms with van der Waals surface area (Å²) in [4.78, 5) is 18.1. The molecule has 0 aliphatic heterocycles. The van der Waals surface area contributed by atoms with Gasteiger partial charge in [-0.2, -0.15) is 0 Å². The minimum Gasteiger partial charge on any atom is -0.478 e. The number of hydrogen-bond donors (Lipinski definition) is 2. The first-order valence-corrected chi connectivity index (χ1v) is 6.58. The van der Waals surface area contributed by atoms with E-state index in [1.165, 1.54) is 36.8 Å². The third kappa shape index (κ3) is 3.05. The third-order valence-electron chi connectivity index (χ3n) is 2.18. The van der Waals surface area contributed by atoms with Crippen molar-refractivity contribution >= 4 is 21.7 Å². The van der Waals surface area contributed by atoms with Gasteiger partial charge in [0.2, 0.25) is 0 Å². The van der Waals surface area contributed by atoms with Crippen LogP contribution in [0.1, 0.15) is 10.4 Å². The van der Waals surface area contributed by atoms with Gasteiger partial charge in [-0.15, -0.1) is 0 Å². The van der Waals surface area contributed by atoms with Gasteiger partial charge in [-0.25, -0.2) is 13.2 Å². The molecule has 2 N–H and O–H groups in total. The second kappa shape index (κ2) is 5.02. The fourth-order valence-corrected chi connectivity index (χ4v) is 2.33. The number of anilines is 1. The second-order valence-corrected chi connectivity index (χ2v) is 5.24. The van der Waals surface area contributed by atoms with Gasteiger partial charge in [0.25, 0.3) is 10.0 Å². The second-order valence-electron chi connectivity index (χ2n) is 3.56. The Bertz CT molecular complexity index is 701. The van der Waals surface area contributed by atoms with Crippen molar-refractivity contribution in [2.45, 2.75) is 4.90 Å². The maximum atomic E-state index is 12.0. The molecule has 98 valence electrons. The number of nitrogens with one attached hydrogen (secondary N) is 1. The van der Waals surface area contributed by atoms with E-state index in [1.807, 2.05) is 0 Å². The number of aromatic carboxylic acids is 1. The Hall–Kier alpha value is -2.48. The number of carbonyl (C=O) groups is 1. The highest BCUT2D eigenvalue weighted by atomic mass is 32.2. The number of pyridine rings is 2. The van der Waals surface area contributed by atoms with Crippen LogP contribution in [-0.2, 0) is 10.0 Å². The Labute approximate surface area is 109 Å². The lowest BCUT2D eigenvalue weighted by atomic mass is 10.3. The molecule has 0 aliphatic rings. The molecule has 0 fully saturated rings. The number of carboxylic acids is 1. The van der Waals surface area contributed by atoms with E-state index in [-0.39, 0.29) is 16.1 Å². The van der Waals surface area contributed by atoms with Crippen LogP contribution in [0.3, 0.4) is 0 Å². The molecular formula is C11H9N3O4S. The first-order chi connectivity index (χ1) is 8.99. The molecule has 2 aromatic rings. The Morgan fingerprint density at radius 3 is 2.63 bits per heavy atom. The zero-order valence-corrected chi connectivity index (χ0v) is 10.3. The minimum atomic E-state index is -3.80. The van der Waals surface area contributed by atoms with Gasteiger partial charge in [0.05, 0.1) is 17.4 Å². The number of aromatic nitrogens is 2. The van der Waals surface area contributed by atoms with Crippen molar-refractivity contribution in [3.63, 3.8) is 0 Å². The smallest absolute Gasteiger partial charge is 0.337 e. The molecule has 7 nitrogen and oxygen atoms in total. The zero-order chi connectivity index (χ0) is 13.9. The van der Waals surface area contributed by atoms with E-state index >= 15 is 0 Å². The molecule has 0 unspecified atom stereocenters. The summed E-state index contributed by atoms with van der Waals surface area (Å²) < 4.78 is 26.1. The lowest BCUT2D eigenvalue weighted by molar-refractivity contribution is 0.0696. The number of sulfonamides is 1. The zero-order valence-electron chi connectivity index (χ0n) is 9.52. The van der Waals surface area contributed by atoms with Crippen LogP contribution in [0.2, 0.25) is 0 Å². The fourth-order valence-electron chi connectivity index (χ4n) is 1.33. The molecule has 19 heavy (non-hydrogen) atoms. The molecule has 0 saturated carbocycles. The molecule has 0 amide bonds. The van der Waals surface area contributed by atoms with Crippen LogP contribution in [0.5, 0.6) is 0 Å². The van der Waals surface area contributed by atoms with E-state index in [4.69, 9.17) is 5.11 Å². The molecule has 2 aromatic heterocycles. The average Bonchev–Trinajstić information content (AvgIpc) is 2.39. The van der Waals surface area contributed by atoms with Crippen molar-refractivity contribution in [2.75, 3.05) is 4.72 Å². The number of nitrogens with zero attached hydrogens (tertiary/aromatic N) is 2. The molecule has 0 radical (unpaired) electrons. The number of rotatable bonds is 4. The molecule has 2 rings (SSSR count). The molecule has 8 heteroatoms. The Balaban J connectivity index is 2.31. The molecule has 2 heterocycles.